The fraction of sp³-hybridized carbons (Fsp3) is 0.320. The molecule has 160 valence electrons. The van der Waals surface area contributed by atoms with E-state index in [1.807, 2.05) is 23.1 Å². The molecule has 0 atom stereocenters. The van der Waals surface area contributed by atoms with E-state index in [0.717, 1.165) is 48.7 Å². The highest BCUT2D eigenvalue weighted by atomic mass is 16.2. The van der Waals surface area contributed by atoms with E-state index in [4.69, 9.17) is 9.97 Å². The minimum Gasteiger partial charge on any atom is -0.356 e. The van der Waals surface area contributed by atoms with Crippen molar-refractivity contribution in [2.24, 2.45) is 0 Å². The van der Waals surface area contributed by atoms with E-state index in [0.29, 0.717) is 36.5 Å². The summed E-state index contributed by atoms with van der Waals surface area (Å²) in [7, 11) is 0. The van der Waals surface area contributed by atoms with Crippen molar-refractivity contribution >= 4 is 11.7 Å². The van der Waals surface area contributed by atoms with E-state index in [-0.39, 0.29) is 5.91 Å². The zero-order valence-corrected chi connectivity index (χ0v) is 17.9. The Labute approximate surface area is 187 Å². The molecule has 0 radical (unpaired) electrons. The second-order valence-electron chi connectivity index (χ2n) is 8.23. The number of aromatic nitrogens is 3. The first kappa shape index (κ1) is 20.1. The molecule has 32 heavy (non-hydrogen) atoms. The number of nitriles is 1. The first-order valence-corrected chi connectivity index (χ1v) is 11.1. The van der Waals surface area contributed by atoms with Gasteiger partial charge in [0.2, 0.25) is 0 Å². The quantitative estimate of drug-likeness (QED) is 0.639. The molecule has 0 aliphatic carbocycles. The fourth-order valence-electron chi connectivity index (χ4n) is 4.45. The van der Waals surface area contributed by atoms with E-state index < -0.39 is 0 Å². The second kappa shape index (κ2) is 8.75. The average Bonchev–Trinajstić information content (AvgIpc) is 2.88. The number of amides is 1. The van der Waals surface area contributed by atoms with Crippen LogP contribution in [0.2, 0.25) is 0 Å². The number of pyridine rings is 1. The number of hydrogen-bond donors (Lipinski definition) is 0. The minimum absolute atomic E-state index is 0.0638. The van der Waals surface area contributed by atoms with Gasteiger partial charge in [-0.15, -0.1) is 0 Å². The lowest BCUT2D eigenvalue weighted by Crippen LogP contribution is -2.39. The summed E-state index contributed by atoms with van der Waals surface area (Å²) in [6.07, 6.45) is 5.94. The smallest absolute Gasteiger partial charge is 0.254 e. The van der Waals surface area contributed by atoms with Gasteiger partial charge in [0.05, 0.1) is 23.9 Å². The summed E-state index contributed by atoms with van der Waals surface area (Å²) in [6.45, 7) is 2.98. The van der Waals surface area contributed by atoms with Gasteiger partial charge in [0.15, 0.2) is 5.82 Å². The van der Waals surface area contributed by atoms with Gasteiger partial charge in [-0.25, -0.2) is 9.97 Å². The van der Waals surface area contributed by atoms with Crippen LogP contribution in [0.4, 0.5) is 5.82 Å². The van der Waals surface area contributed by atoms with Crippen LogP contribution in [0.3, 0.4) is 0 Å². The number of benzene rings is 1. The van der Waals surface area contributed by atoms with Crippen LogP contribution in [0.25, 0.3) is 11.5 Å². The first-order chi connectivity index (χ1) is 15.7. The van der Waals surface area contributed by atoms with Gasteiger partial charge in [-0.1, -0.05) is 12.1 Å². The number of rotatable bonds is 3. The Morgan fingerprint density at radius 1 is 1.00 bits per heavy atom. The molecule has 2 aliphatic heterocycles. The highest BCUT2D eigenvalue weighted by molar-refractivity contribution is 5.94. The number of carbonyl (C=O) groups is 1. The Kier molecular flexibility index (Phi) is 5.51. The van der Waals surface area contributed by atoms with Crippen LogP contribution in [0.1, 0.15) is 46.4 Å². The molecule has 7 nitrogen and oxygen atoms in total. The van der Waals surface area contributed by atoms with Gasteiger partial charge in [0.1, 0.15) is 11.5 Å². The van der Waals surface area contributed by atoms with Crippen molar-refractivity contribution in [3.63, 3.8) is 0 Å². The van der Waals surface area contributed by atoms with Gasteiger partial charge in [0, 0.05) is 43.4 Å². The second-order valence-corrected chi connectivity index (χ2v) is 8.23. The molecule has 1 saturated heterocycles. The van der Waals surface area contributed by atoms with Crippen LogP contribution in [-0.4, -0.2) is 45.4 Å². The van der Waals surface area contributed by atoms with Gasteiger partial charge in [-0.05, 0) is 49.6 Å². The number of piperidine rings is 1. The predicted octanol–water partition coefficient (Wildman–Crippen LogP) is 3.60. The monoisotopic (exact) mass is 424 g/mol. The van der Waals surface area contributed by atoms with Crippen LogP contribution < -0.4 is 4.90 Å². The van der Waals surface area contributed by atoms with Gasteiger partial charge >= 0.3 is 0 Å². The van der Waals surface area contributed by atoms with Crippen molar-refractivity contribution in [1.29, 1.82) is 5.26 Å². The molecule has 0 bridgehead atoms. The van der Waals surface area contributed by atoms with E-state index >= 15 is 0 Å². The highest BCUT2D eigenvalue weighted by Crippen LogP contribution is 2.31. The largest absolute Gasteiger partial charge is 0.356 e. The third-order valence-corrected chi connectivity index (χ3v) is 6.11. The zero-order valence-electron chi connectivity index (χ0n) is 17.9. The lowest BCUT2D eigenvalue weighted by atomic mass is 10.0. The van der Waals surface area contributed by atoms with Gasteiger partial charge in [0.25, 0.3) is 5.91 Å². The Bertz CT molecular complexity index is 1180. The molecule has 3 aromatic rings. The summed E-state index contributed by atoms with van der Waals surface area (Å²) in [6, 6.07) is 14.8. The molecule has 7 heteroatoms. The van der Waals surface area contributed by atoms with E-state index in [9.17, 15) is 10.1 Å². The van der Waals surface area contributed by atoms with Gasteiger partial charge < -0.3 is 9.80 Å². The Morgan fingerprint density at radius 2 is 1.88 bits per heavy atom. The van der Waals surface area contributed by atoms with Crippen molar-refractivity contribution in [1.82, 2.24) is 19.9 Å². The summed E-state index contributed by atoms with van der Waals surface area (Å²) in [5.74, 6) is 1.51. The zero-order chi connectivity index (χ0) is 21.9. The van der Waals surface area contributed by atoms with Crippen LogP contribution in [-0.2, 0) is 13.0 Å². The number of anilines is 1. The number of fused-ring (bicyclic) bond motifs is 1. The molecule has 5 rings (SSSR count). The molecular weight excluding hydrogens is 400 g/mol. The third kappa shape index (κ3) is 3.92. The van der Waals surface area contributed by atoms with Crippen LogP contribution in [0, 0.1) is 11.3 Å². The molecule has 2 aliphatic rings. The van der Waals surface area contributed by atoms with E-state index in [2.05, 4.69) is 16.0 Å². The third-order valence-electron chi connectivity index (χ3n) is 6.11. The summed E-state index contributed by atoms with van der Waals surface area (Å²) in [5, 5.41) is 9.18. The summed E-state index contributed by atoms with van der Waals surface area (Å²) < 4.78 is 0. The van der Waals surface area contributed by atoms with Gasteiger partial charge in [-0.3, -0.25) is 9.78 Å². The Balaban J connectivity index is 1.51. The summed E-state index contributed by atoms with van der Waals surface area (Å²) in [4.78, 5) is 31.6. The fourth-order valence-corrected chi connectivity index (χ4v) is 4.45. The molecule has 1 aromatic carbocycles. The maximum absolute atomic E-state index is 13.2. The maximum Gasteiger partial charge on any atom is 0.254 e. The van der Waals surface area contributed by atoms with Crippen LogP contribution in [0.5, 0.6) is 0 Å². The molecule has 0 N–H and O–H groups in total. The number of nitrogens with zero attached hydrogens (tertiary/aromatic N) is 6. The molecule has 0 spiro atoms. The Morgan fingerprint density at radius 3 is 2.66 bits per heavy atom. The lowest BCUT2D eigenvalue weighted by molar-refractivity contribution is 0.0733. The maximum atomic E-state index is 13.2. The molecule has 1 fully saturated rings. The number of hydrogen-bond acceptors (Lipinski definition) is 6. The minimum atomic E-state index is -0.0638. The first-order valence-electron chi connectivity index (χ1n) is 11.1. The van der Waals surface area contributed by atoms with Crippen molar-refractivity contribution in [3.05, 3.63) is 71.0 Å². The Hall–Kier alpha value is -3.79. The normalized spacial score (nSPS) is 15.7. The van der Waals surface area contributed by atoms with Crippen molar-refractivity contribution in [3.8, 4) is 17.6 Å². The standard InChI is InChI=1S/C25H24N6O/c26-16-18-7-6-8-19(15-18)25(32)31-14-10-21-20(17-31)24(30-12-4-1-5-13-30)29-23(28-21)22-9-2-3-11-27-22/h2-3,6-9,11,15H,1,4-5,10,12-14,17H2. The molecule has 0 unspecified atom stereocenters. The molecule has 2 aromatic heterocycles. The summed E-state index contributed by atoms with van der Waals surface area (Å²) >= 11 is 0. The van der Waals surface area contributed by atoms with Crippen molar-refractivity contribution in [2.45, 2.75) is 32.2 Å². The SMILES string of the molecule is N#Cc1cccc(C(=O)N2CCc3nc(-c4ccccn4)nc(N4CCCCC4)c3C2)c1. The van der Waals surface area contributed by atoms with E-state index in [1.54, 1.807) is 30.5 Å². The molecular formula is C25H24N6O. The average molecular weight is 425 g/mol. The molecule has 1 amide bonds. The molecule has 0 saturated carbocycles. The van der Waals surface area contributed by atoms with Gasteiger partial charge in [-0.2, -0.15) is 5.26 Å². The van der Waals surface area contributed by atoms with E-state index in [1.165, 1.54) is 6.42 Å². The predicted molar refractivity (Wildman–Crippen MR) is 121 cm³/mol. The van der Waals surface area contributed by atoms with Crippen molar-refractivity contribution in [2.75, 3.05) is 24.5 Å². The highest BCUT2D eigenvalue weighted by Gasteiger charge is 2.29. The number of carbonyl (C=O) groups excluding carboxylic acids is 1. The topological polar surface area (TPSA) is 86.0 Å². The lowest BCUT2D eigenvalue weighted by Gasteiger charge is -2.34. The van der Waals surface area contributed by atoms with Crippen LogP contribution in [0.15, 0.2) is 48.7 Å². The van der Waals surface area contributed by atoms with Crippen LogP contribution >= 0.6 is 0 Å². The summed E-state index contributed by atoms with van der Waals surface area (Å²) in [5.41, 5.74) is 3.82. The molecule has 4 heterocycles. The van der Waals surface area contributed by atoms with Crippen molar-refractivity contribution < 1.29 is 4.79 Å².